The molecule has 0 atom stereocenters. The maximum Gasteiger partial charge on any atom is 0.131 e. The van der Waals surface area contributed by atoms with Crippen LogP contribution in [0.5, 0.6) is 5.75 Å². The van der Waals surface area contributed by atoms with Crippen LogP contribution in [0.25, 0.3) is 22.2 Å². The van der Waals surface area contributed by atoms with Crippen molar-refractivity contribution < 1.29 is 9.47 Å². The number of halogens is 1. The zero-order valence-electron chi connectivity index (χ0n) is 14.5. The number of aromatic amines is 1. The van der Waals surface area contributed by atoms with Crippen molar-refractivity contribution in [3.63, 3.8) is 0 Å². The van der Waals surface area contributed by atoms with Crippen molar-refractivity contribution in [2.75, 3.05) is 33.4 Å². The Morgan fingerprint density at radius 1 is 1.15 bits per heavy atom. The van der Waals surface area contributed by atoms with E-state index in [1.165, 1.54) is 0 Å². The number of H-pyrrole nitrogens is 1. The van der Waals surface area contributed by atoms with Crippen LogP contribution in [0.2, 0.25) is 5.02 Å². The maximum absolute atomic E-state index is 6.24. The summed E-state index contributed by atoms with van der Waals surface area (Å²) in [5.74, 6) is 1.71. The standard InChI is InChI=1S/C20H20ClN3O2/c1-25-9-10-26-15-4-2-3-13(11-15)19-18(20-22-7-8-23-20)16-12-14(21)5-6-17(16)24-19/h2-6,11-12,24H,7-10H2,1H3,(H,22,23). The first kappa shape index (κ1) is 16.9. The van der Waals surface area contributed by atoms with Crippen LogP contribution in [-0.4, -0.2) is 44.2 Å². The summed E-state index contributed by atoms with van der Waals surface area (Å²) in [6, 6.07) is 13.9. The van der Waals surface area contributed by atoms with E-state index in [0.29, 0.717) is 18.2 Å². The van der Waals surface area contributed by atoms with Crippen LogP contribution in [-0.2, 0) is 4.74 Å². The van der Waals surface area contributed by atoms with Crippen molar-refractivity contribution in [1.29, 1.82) is 0 Å². The minimum Gasteiger partial charge on any atom is -0.491 e. The van der Waals surface area contributed by atoms with Gasteiger partial charge < -0.3 is 19.8 Å². The highest BCUT2D eigenvalue weighted by molar-refractivity contribution is 6.31. The molecular weight excluding hydrogens is 350 g/mol. The third kappa shape index (κ3) is 3.28. The summed E-state index contributed by atoms with van der Waals surface area (Å²) in [7, 11) is 1.66. The Balaban J connectivity index is 1.81. The van der Waals surface area contributed by atoms with Gasteiger partial charge in [0.25, 0.3) is 0 Å². The van der Waals surface area contributed by atoms with Gasteiger partial charge in [-0.25, -0.2) is 0 Å². The van der Waals surface area contributed by atoms with Gasteiger partial charge >= 0.3 is 0 Å². The molecule has 2 aromatic carbocycles. The first-order valence-electron chi connectivity index (χ1n) is 8.58. The van der Waals surface area contributed by atoms with Gasteiger partial charge in [-0.05, 0) is 30.3 Å². The molecule has 0 amide bonds. The molecule has 0 spiro atoms. The van der Waals surface area contributed by atoms with Crippen molar-refractivity contribution in [3.05, 3.63) is 53.1 Å². The molecule has 6 heteroatoms. The van der Waals surface area contributed by atoms with Crippen molar-refractivity contribution in [2.45, 2.75) is 0 Å². The Kier molecular flexibility index (Phi) is 4.82. The highest BCUT2D eigenvalue weighted by atomic mass is 35.5. The van der Waals surface area contributed by atoms with E-state index in [9.17, 15) is 0 Å². The van der Waals surface area contributed by atoms with Crippen LogP contribution in [0.3, 0.4) is 0 Å². The normalized spacial score (nSPS) is 13.7. The molecule has 5 nitrogen and oxygen atoms in total. The number of fused-ring (bicyclic) bond motifs is 1. The van der Waals surface area contributed by atoms with Crippen molar-refractivity contribution in [3.8, 4) is 17.0 Å². The number of nitrogens with zero attached hydrogens (tertiary/aromatic N) is 1. The van der Waals surface area contributed by atoms with Gasteiger partial charge in [0.2, 0.25) is 0 Å². The molecule has 0 radical (unpaired) electrons. The summed E-state index contributed by atoms with van der Waals surface area (Å²) < 4.78 is 10.8. The van der Waals surface area contributed by atoms with E-state index in [2.05, 4.69) is 21.4 Å². The highest BCUT2D eigenvalue weighted by Gasteiger charge is 2.20. The van der Waals surface area contributed by atoms with Gasteiger partial charge in [0.15, 0.2) is 0 Å². The second-order valence-electron chi connectivity index (χ2n) is 6.09. The minimum atomic E-state index is 0.517. The fourth-order valence-electron chi connectivity index (χ4n) is 3.18. The molecule has 3 aromatic rings. The molecule has 0 saturated heterocycles. The van der Waals surface area contributed by atoms with Crippen molar-refractivity contribution in [2.24, 2.45) is 4.99 Å². The molecule has 4 rings (SSSR count). The van der Waals surface area contributed by atoms with Crippen molar-refractivity contribution in [1.82, 2.24) is 10.3 Å². The monoisotopic (exact) mass is 369 g/mol. The molecule has 1 aliphatic rings. The Hall–Kier alpha value is -2.50. The molecule has 0 aliphatic carbocycles. The second-order valence-corrected chi connectivity index (χ2v) is 6.53. The van der Waals surface area contributed by atoms with Gasteiger partial charge in [-0.3, -0.25) is 4.99 Å². The molecule has 0 bridgehead atoms. The summed E-state index contributed by atoms with van der Waals surface area (Å²) >= 11 is 6.24. The Labute approximate surface area is 157 Å². The van der Waals surface area contributed by atoms with Crippen LogP contribution in [0.4, 0.5) is 0 Å². The lowest BCUT2D eigenvalue weighted by Gasteiger charge is -2.09. The number of aromatic nitrogens is 1. The summed E-state index contributed by atoms with van der Waals surface area (Å²) in [6.07, 6.45) is 0. The number of benzene rings is 2. The first-order chi connectivity index (χ1) is 12.8. The number of hydrogen-bond acceptors (Lipinski definition) is 4. The molecule has 0 fully saturated rings. The van der Waals surface area contributed by atoms with E-state index >= 15 is 0 Å². The van der Waals surface area contributed by atoms with E-state index in [1.807, 2.05) is 36.4 Å². The number of hydrogen-bond donors (Lipinski definition) is 2. The predicted molar refractivity (Wildman–Crippen MR) is 106 cm³/mol. The second kappa shape index (κ2) is 7.40. The lowest BCUT2D eigenvalue weighted by Crippen LogP contribution is -2.19. The number of methoxy groups -OCH3 is 1. The van der Waals surface area contributed by atoms with E-state index in [4.69, 9.17) is 21.1 Å². The molecule has 0 saturated carbocycles. The van der Waals surface area contributed by atoms with Crippen LogP contribution >= 0.6 is 11.6 Å². The molecule has 0 unspecified atom stereocenters. The smallest absolute Gasteiger partial charge is 0.131 e. The highest BCUT2D eigenvalue weighted by Crippen LogP contribution is 2.34. The van der Waals surface area contributed by atoms with Gasteiger partial charge in [-0.1, -0.05) is 23.7 Å². The largest absolute Gasteiger partial charge is 0.491 e. The number of amidine groups is 1. The molecule has 1 aliphatic heterocycles. The van der Waals surface area contributed by atoms with E-state index in [0.717, 1.165) is 52.4 Å². The number of aliphatic imine (C=N–C) groups is 1. The fourth-order valence-corrected chi connectivity index (χ4v) is 3.35. The molecule has 2 heterocycles. The number of rotatable bonds is 6. The van der Waals surface area contributed by atoms with E-state index in [-0.39, 0.29) is 0 Å². The fraction of sp³-hybridized carbons (Fsp3) is 0.250. The SMILES string of the molecule is COCCOc1cccc(-c2[nH]c3ccc(Cl)cc3c2C2=NCCN2)c1. The lowest BCUT2D eigenvalue weighted by molar-refractivity contribution is 0.146. The van der Waals surface area contributed by atoms with Gasteiger partial charge in [-0.2, -0.15) is 0 Å². The minimum absolute atomic E-state index is 0.517. The average molecular weight is 370 g/mol. The molecular formula is C20H20ClN3O2. The zero-order valence-corrected chi connectivity index (χ0v) is 15.3. The zero-order chi connectivity index (χ0) is 17.9. The van der Waals surface area contributed by atoms with Crippen LogP contribution in [0.15, 0.2) is 47.5 Å². The molecule has 2 N–H and O–H groups in total. The number of nitrogens with one attached hydrogen (secondary N) is 2. The Bertz CT molecular complexity index is 965. The Morgan fingerprint density at radius 2 is 2.08 bits per heavy atom. The van der Waals surface area contributed by atoms with Gasteiger partial charge in [0, 0.05) is 40.7 Å². The first-order valence-corrected chi connectivity index (χ1v) is 8.96. The van der Waals surface area contributed by atoms with Crippen LogP contribution < -0.4 is 10.1 Å². The van der Waals surface area contributed by atoms with E-state index in [1.54, 1.807) is 7.11 Å². The Morgan fingerprint density at radius 3 is 2.88 bits per heavy atom. The lowest BCUT2D eigenvalue weighted by atomic mass is 10.0. The molecule has 26 heavy (non-hydrogen) atoms. The third-order valence-corrected chi connectivity index (χ3v) is 4.59. The maximum atomic E-state index is 6.24. The van der Waals surface area contributed by atoms with Crippen LogP contribution in [0.1, 0.15) is 5.56 Å². The van der Waals surface area contributed by atoms with Crippen LogP contribution in [0, 0.1) is 0 Å². The van der Waals surface area contributed by atoms with Crippen molar-refractivity contribution >= 4 is 28.3 Å². The predicted octanol–water partition coefficient (Wildman–Crippen LogP) is 3.86. The quantitative estimate of drug-likeness (QED) is 0.648. The van der Waals surface area contributed by atoms with Gasteiger partial charge in [0.1, 0.15) is 18.2 Å². The molecule has 1 aromatic heterocycles. The summed E-state index contributed by atoms with van der Waals surface area (Å²) in [5, 5.41) is 5.15. The summed E-state index contributed by atoms with van der Waals surface area (Å²) in [5.41, 5.74) is 4.13. The summed E-state index contributed by atoms with van der Waals surface area (Å²) in [6.45, 7) is 2.70. The molecule has 134 valence electrons. The third-order valence-electron chi connectivity index (χ3n) is 4.35. The topological polar surface area (TPSA) is 58.6 Å². The van der Waals surface area contributed by atoms with Gasteiger partial charge in [0.05, 0.1) is 18.8 Å². The van der Waals surface area contributed by atoms with E-state index < -0.39 is 0 Å². The average Bonchev–Trinajstić information content (AvgIpc) is 3.29. The number of ether oxygens (including phenoxy) is 2. The van der Waals surface area contributed by atoms with Gasteiger partial charge in [-0.15, -0.1) is 0 Å². The summed E-state index contributed by atoms with van der Waals surface area (Å²) in [4.78, 5) is 8.14.